The Bertz CT molecular complexity index is 943. The molecule has 0 saturated carbocycles. The first-order valence-electron chi connectivity index (χ1n) is 7.96. The first kappa shape index (κ1) is 19.8. The molecular formula is C20H20Cl2N4. The third-order valence-electron chi connectivity index (χ3n) is 4.16. The first-order valence-corrected chi connectivity index (χ1v) is 7.96. The first-order chi connectivity index (χ1) is 11.8. The second-order valence-electron chi connectivity index (χ2n) is 5.79. The van der Waals surface area contributed by atoms with Crippen LogP contribution in [0.15, 0.2) is 79.5 Å². The number of imidazole rings is 2. The zero-order valence-electron chi connectivity index (χ0n) is 14.3. The fraction of sp³-hybridized carbons (Fsp3) is 0.100. The van der Waals surface area contributed by atoms with E-state index in [0.29, 0.717) is 0 Å². The fourth-order valence-corrected chi connectivity index (χ4v) is 2.79. The molecule has 0 unspecified atom stereocenters. The van der Waals surface area contributed by atoms with Crippen molar-refractivity contribution in [2.45, 2.75) is 13.5 Å². The van der Waals surface area contributed by atoms with Gasteiger partial charge in [-0.05, 0) is 30.2 Å². The Hall–Kier alpha value is -2.56. The van der Waals surface area contributed by atoms with Crippen LogP contribution in [0, 0.1) is 6.92 Å². The zero-order chi connectivity index (χ0) is 16.4. The summed E-state index contributed by atoms with van der Waals surface area (Å²) in [5, 5.41) is 0. The molecule has 6 heteroatoms. The van der Waals surface area contributed by atoms with Gasteiger partial charge in [0.2, 0.25) is 0 Å². The lowest BCUT2D eigenvalue weighted by atomic mass is 10.1. The Morgan fingerprint density at radius 2 is 1.54 bits per heavy atom. The van der Waals surface area contributed by atoms with Crippen LogP contribution < -0.4 is 0 Å². The van der Waals surface area contributed by atoms with E-state index < -0.39 is 0 Å². The summed E-state index contributed by atoms with van der Waals surface area (Å²) < 4.78 is 4.14. The van der Waals surface area contributed by atoms with Crippen LogP contribution in [0.4, 0.5) is 0 Å². The van der Waals surface area contributed by atoms with Gasteiger partial charge >= 0.3 is 0 Å². The third kappa shape index (κ3) is 4.15. The maximum atomic E-state index is 4.50. The summed E-state index contributed by atoms with van der Waals surface area (Å²) in [6.07, 6.45) is 7.72. The monoisotopic (exact) mass is 386 g/mol. The Balaban J connectivity index is 0.00000121. The molecule has 4 nitrogen and oxygen atoms in total. The van der Waals surface area contributed by atoms with Crippen molar-refractivity contribution >= 4 is 24.8 Å². The van der Waals surface area contributed by atoms with Crippen LogP contribution in [0.25, 0.3) is 16.8 Å². The predicted octanol–water partition coefficient (Wildman–Crippen LogP) is 4.94. The van der Waals surface area contributed by atoms with Crippen LogP contribution in [0.2, 0.25) is 0 Å². The van der Waals surface area contributed by atoms with E-state index in [1.165, 1.54) is 11.1 Å². The van der Waals surface area contributed by atoms with Crippen LogP contribution in [0.5, 0.6) is 0 Å². The average Bonchev–Trinajstić information content (AvgIpc) is 3.26. The van der Waals surface area contributed by atoms with Gasteiger partial charge in [-0.1, -0.05) is 42.5 Å². The number of aryl methyl sites for hydroxylation is 1. The van der Waals surface area contributed by atoms with Crippen molar-refractivity contribution in [1.29, 1.82) is 0 Å². The summed E-state index contributed by atoms with van der Waals surface area (Å²) >= 11 is 0. The second kappa shape index (κ2) is 8.70. The quantitative estimate of drug-likeness (QED) is 0.498. The molecule has 2 heterocycles. The standard InChI is InChI=1S/C20H18N4.2ClH/c1-16-21-11-12-23(16)13-19-14-24(15-22-19)20-9-7-18(8-10-20)17-5-3-2-4-6-17;;/h2-12,14-15H,13H2,1H3;2*1H. The molecule has 0 radical (unpaired) electrons. The van der Waals surface area contributed by atoms with Gasteiger partial charge in [-0.3, -0.25) is 0 Å². The molecule has 0 fully saturated rings. The molecule has 26 heavy (non-hydrogen) atoms. The van der Waals surface area contributed by atoms with Crippen molar-refractivity contribution < 1.29 is 0 Å². The number of rotatable bonds is 4. The van der Waals surface area contributed by atoms with Gasteiger partial charge in [-0.15, -0.1) is 24.8 Å². The molecule has 0 bridgehead atoms. The number of benzene rings is 2. The highest BCUT2D eigenvalue weighted by atomic mass is 35.5. The summed E-state index contributed by atoms with van der Waals surface area (Å²) in [4.78, 5) is 8.75. The minimum absolute atomic E-state index is 0. The van der Waals surface area contributed by atoms with E-state index in [0.717, 1.165) is 23.8 Å². The highest BCUT2D eigenvalue weighted by molar-refractivity contribution is 5.85. The number of hydrogen-bond donors (Lipinski definition) is 0. The SMILES string of the molecule is Cc1nccn1Cc1cn(-c2ccc(-c3ccccc3)cc2)cn1.Cl.Cl. The van der Waals surface area contributed by atoms with Crippen molar-refractivity contribution in [2.24, 2.45) is 0 Å². The van der Waals surface area contributed by atoms with Crippen LogP contribution in [0.1, 0.15) is 11.5 Å². The third-order valence-corrected chi connectivity index (χ3v) is 4.16. The van der Waals surface area contributed by atoms with Gasteiger partial charge in [0.15, 0.2) is 0 Å². The van der Waals surface area contributed by atoms with E-state index in [-0.39, 0.29) is 24.8 Å². The molecule has 134 valence electrons. The molecular weight excluding hydrogens is 367 g/mol. The number of aromatic nitrogens is 4. The zero-order valence-corrected chi connectivity index (χ0v) is 16.0. The minimum atomic E-state index is 0. The maximum absolute atomic E-state index is 4.50. The molecule has 0 amide bonds. The molecule has 0 atom stereocenters. The fourth-order valence-electron chi connectivity index (χ4n) is 2.79. The van der Waals surface area contributed by atoms with Crippen LogP contribution in [-0.4, -0.2) is 19.1 Å². The van der Waals surface area contributed by atoms with Crippen molar-refractivity contribution in [3.63, 3.8) is 0 Å². The van der Waals surface area contributed by atoms with Gasteiger partial charge in [0.25, 0.3) is 0 Å². The predicted molar refractivity (Wildman–Crippen MR) is 110 cm³/mol. The van der Waals surface area contributed by atoms with Gasteiger partial charge < -0.3 is 9.13 Å². The highest BCUT2D eigenvalue weighted by Gasteiger charge is 2.04. The van der Waals surface area contributed by atoms with Gasteiger partial charge in [0.1, 0.15) is 5.82 Å². The van der Waals surface area contributed by atoms with Gasteiger partial charge in [0, 0.05) is 24.3 Å². The molecule has 0 saturated heterocycles. The lowest BCUT2D eigenvalue weighted by Gasteiger charge is -2.05. The summed E-state index contributed by atoms with van der Waals surface area (Å²) in [7, 11) is 0. The molecule has 0 aliphatic carbocycles. The highest BCUT2D eigenvalue weighted by Crippen LogP contribution is 2.20. The van der Waals surface area contributed by atoms with E-state index in [1.807, 2.05) is 31.7 Å². The lowest BCUT2D eigenvalue weighted by Crippen LogP contribution is -2.00. The summed E-state index contributed by atoms with van der Waals surface area (Å²) in [6.45, 7) is 2.74. The van der Waals surface area contributed by atoms with Crippen molar-refractivity contribution in [3.8, 4) is 16.8 Å². The largest absolute Gasteiger partial charge is 0.329 e. The van der Waals surface area contributed by atoms with Gasteiger partial charge in [0.05, 0.1) is 18.6 Å². The summed E-state index contributed by atoms with van der Waals surface area (Å²) in [6, 6.07) is 18.9. The Labute approximate surface area is 165 Å². The summed E-state index contributed by atoms with van der Waals surface area (Å²) in [5.74, 6) is 0.997. The molecule has 2 aromatic carbocycles. The van der Waals surface area contributed by atoms with Crippen molar-refractivity contribution in [1.82, 2.24) is 19.1 Å². The molecule has 2 aromatic heterocycles. The van der Waals surface area contributed by atoms with E-state index >= 15 is 0 Å². The summed E-state index contributed by atoms with van der Waals surface area (Å²) in [5.41, 5.74) is 4.57. The van der Waals surface area contributed by atoms with E-state index in [2.05, 4.69) is 73.8 Å². The molecule has 4 aromatic rings. The molecule has 0 aliphatic rings. The normalized spacial score (nSPS) is 10.0. The number of halogens is 2. The molecule has 4 rings (SSSR count). The van der Waals surface area contributed by atoms with E-state index in [9.17, 15) is 0 Å². The Morgan fingerprint density at radius 3 is 2.19 bits per heavy atom. The maximum Gasteiger partial charge on any atom is 0.105 e. The van der Waals surface area contributed by atoms with Gasteiger partial charge in [-0.2, -0.15) is 0 Å². The molecule has 0 spiro atoms. The average molecular weight is 387 g/mol. The molecule has 0 aliphatic heterocycles. The van der Waals surface area contributed by atoms with Crippen molar-refractivity contribution in [3.05, 3.63) is 91.0 Å². The van der Waals surface area contributed by atoms with Crippen LogP contribution in [0.3, 0.4) is 0 Å². The Morgan fingerprint density at radius 1 is 0.846 bits per heavy atom. The smallest absolute Gasteiger partial charge is 0.105 e. The molecule has 0 N–H and O–H groups in total. The minimum Gasteiger partial charge on any atom is -0.329 e. The van der Waals surface area contributed by atoms with Crippen LogP contribution >= 0.6 is 24.8 Å². The van der Waals surface area contributed by atoms with Gasteiger partial charge in [-0.25, -0.2) is 9.97 Å². The number of hydrogen-bond acceptors (Lipinski definition) is 2. The second-order valence-corrected chi connectivity index (χ2v) is 5.79. The van der Waals surface area contributed by atoms with Crippen molar-refractivity contribution in [2.75, 3.05) is 0 Å². The van der Waals surface area contributed by atoms with Crippen LogP contribution in [-0.2, 0) is 6.54 Å². The topological polar surface area (TPSA) is 35.6 Å². The number of nitrogens with zero attached hydrogens (tertiary/aromatic N) is 4. The van der Waals surface area contributed by atoms with E-state index in [1.54, 1.807) is 0 Å². The van der Waals surface area contributed by atoms with E-state index in [4.69, 9.17) is 0 Å². The Kier molecular flexibility index (Phi) is 6.61. The lowest BCUT2D eigenvalue weighted by molar-refractivity contribution is 0.746.